The predicted molar refractivity (Wildman–Crippen MR) is 78.5 cm³/mol. The Balaban J connectivity index is 2.09. The minimum atomic E-state index is -0.112. The molecule has 1 atom stereocenters. The van der Waals surface area contributed by atoms with Crippen molar-refractivity contribution in [2.24, 2.45) is 5.73 Å². The summed E-state index contributed by atoms with van der Waals surface area (Å²) in [5.74, 6) is 0. The van der Waals surface area contributed by atoms with Gasteiger partial charge in [-0.2, -0.15) is 0 Å². The average molecular weight is 301 g/mol. The van der Waals surface area contributed by atoms with Crippen LogP contribution in [0.4, 0.5) is 0 Å². The van der Waals surface area contributed by atoms with E-state index in [-0.39, 0.29) is 6.04 Å². The lowest BCUT2D eigenvalue weighted by Crippen LogP contribution is -2.11. The number of fused-ring (bicyclic) bond motifs is 1. The number of hydrogen-bond acceptors (Lipinski definition) is 1. The second-order valence-electron chi connectivity index (χ2n) is 4.32. The number of para-hydroxylation sites is 1. The molecule has 18 heavy (non-hydrogen) atoms. The van der Waals surface area contributed by atoms with Gasteiger partial charge in [0.05, 0.1) is 6.04 Å². The van der Waals surface area contributed by atoms with Crippen molar-refractivity contribution in [3.8, 4) is 0 Å². The molecule has 0 radical (unpaired) electrons. The molecule has 3 N–H and O–H groups in total. The van der Waals surface area contributed by atoms with Crippen molar-refractivity contribution >= 4 is 26.8 Å². The van der Waals surface area contributed by atoms with Gasteiger partial charge in [0.1, 0.15) is 0 Å². The fourth-order valence-electron chi connectivity index (χ4n) is 2.23. The predicted octanol–water partition coefficient (Wildman–Crippen LogP) is 3.98. The summed E-state index contributed by atoms with van der Waals surface area (Å²) in [6.07, 6.45) is 2.00. The van der Waals surface area contributed by atoms with E-state index in [4.69, 9.17) is 5.73 Å². The first kappa shape index (κ1) is 11.5. The normalized spacial score (nSPS) is 12.8. The molecule has 0 saturated carbocycles. The van der Waals surface area contributed by atoms with Gasteiger partial charge >= 0.3 is 0 Å². The SMILES string of the molecule is NC(c1cccc(Br)c1)c1c[nH]c2ccccc12. The van der Waals surface area contributed by atoms with Crippen molar-refractivity contribution in [1.29, 1.82) is 0 Å². The minimum Gasteiger partial charge on any atom is -0.361 e. The maximum atomic E-state index is 6.35. The number of rotatable bonds is 2. The molecule has 3 rings (SSSR count). The first-order valence-electron chi connectivity index (χ1n) is 5.83. The van der Waals surface area contributed by atoms with E-state index < -0.39 is 0 Å². The zero-order valence-electron chi connectivity index (χ0n) is 9.73. The van der Waals surface area contributed by atoms with Crippen LogP contribution >= 0.6 is 15.9 Å². The average Bonchev–Trinajstić information content (AvgIpc) is 2.82. The highest BCUT2D eigenvalue weighted by molar-refractivity contribution is 9.10. The summed E-state index contributed by atoms with van der Waals surface area (Å²) >= 11 is 3.48. The summed E-state index contributed by atoms with van der Waals surface area (Å²) in [5.41, 5.74) is 9.71. The maximum absolute atomic E-state index is 6.35. The molecule has 1 aromatic heterocycles. The van der Waals surface area contributed by atoms with E-state index in [9.17, 15) is 0 Å². The summed E-state index contributed by atoms with van der Waals surface area (Å²) in [6, 6.07) is 16.2. The molecular weight excluding hydrogens is 288 g/mol. The van der Waals surface area contributed by atoms with Crippen LogP contribution in [0.1, 0.15) is 17.2 Å². The number of aromatic nitrogens is 1. The van der Waals surface area contributed by atoms with Crippen LogP contribution in [0.3, 0.4) is 0 Å². The van der Waals surface area contributed by atoms with Crippen molar-refractivity contribution in [3.05, 3.63) is 70.3 Å². The molecule has 0 spiro atoms. The highest BCUT2D eigenvalue weighted by Gasteiger charge is 2.13. The Labute approximate surface area is 114 Å². The number of hydrogen-bond donors (Lipinski definition) is 2. The topological polar surface area (TPSA) is 41.8 Å². The number of halogens is 1. The van der Waals surface area contributed by atoms with Gasteiger partial charge in [0, 0.05) is 21.6 Å². The van der Waals surface area contributed by atoms with Crippen LogP contribution in [-0.2, 0) is 0 Å². The van der Waals surface area contributed by atoms with Crippen molar-refractivity contribution in [1.82, 2.24) is 4.98 Å². The molecule has 1 heterocycles. The van der Waals surface area contributed by atoms with E-state index in [2.05, 4.69) is 45.2 Å². The van der Waals surface area contributed by atoms with Crippen LogP contribution in [0.15, 0.2) is 59.2 Å². The zero-order chi connectivity index (χ0) is 12.5. The lowest BCUT2D eigenvalue weighted by molar-refractivity contribution is 0.879. The summed E-state index contributed by atoms with van der Waals surface area (Å²) in [6.45, 7) is 0. The molecule has 2 nitrogen and oxygen atoms in total. The molecule has 0 amide bonds. The van der Waals surface area contributed by atoms with E-state index in [1.807, 2.05) is 30.5 Å². The van der Waals surface area contributed by atoms with Crippen LogP contribution in [-0.4, -0.2) is 4.98 Å². The standard InChI is InChI=1S/C15H13BrN2/c16-11-5-3-4-10(8-11)15(17)13-9-18-14-7-2-1-6-12(13)14/h1-9,15,18H,17H2. The smallest absolute Gasteiger partial charge is 0.0573 e. The molecule has 0 aliphatic carbocycles. The molecule has 0 aliphatic rings. The largest absolute Gasteiger partial charge is 0.361 e. The van der Waals surface area contributed by atoms with E-state index in [1.165, 1.54) is 5.39 Å². The van der Waals surface area contributed by atoms with Gasteiger partial charge in [-0.15, -0.1) is 0 Å². The van der Waals surface area contributed by atoms with Gasteiger partial charge in [0.15, 0.2) is 0 Å². The van der Waals surface area contributed by atoms with Gasteiger partial charge < -0.3 is 10.7 Å². The van der Waals surface area contributed by atoms with Gasteiger partial charge in [-0.3, -0.25) is 0 Å². The van der Waals surface area contributed by atoms with Crippen molar-refractivity contribution in [3.63, 3.8) is 0 Å². The highest BCUT2D eigenvalue weighted by Crippen LogP contribution is 2.28. The first-order chi connectivity index (χ1) is 8.75. The molecule has 90 valence electrons. The van der Waals surface area contributed by atoms with E-state index >= 15 is 0 Å². The van der Waals surface area contributed by atoms with Crippen molar-refractivity contribution in [2.45, 2.75) is 6.04 Å². The van der Waals surface area contributed by atoms with Crippen LogP contribution in [0.2, 0.25) is 0 Å². The van der Waals surface area contributed by atoms with Gasteiger partial charge in [0.2, 0.25) is 0 Å². The number of H-pyrrole nitrogens is 1. The first-order valence-corrected chi connectivity index (χ1v) is 6.62. The van der Waals surface area contributed by atoms with Gasteiger partial charge in [0.25, 0.3) is 0 Å². The Morgan fingerprint density at radius 2 is 1.89 bits per heavy atom. The van der Waals surface area contributed by atoms with Crippen molar-refractivity contribution in [2.75, 3.05) is 0 Å². The van der Waals surface area contributed by atoms with Crippen LogP contribution < -0.4 is 5.73 Å². The van der Waals surface area contributed by atoms with Crippen LogP contribution in [0, 0.1) is 0 Å². The summed E-state index contributed by atoms with van der Waals surface area (Å²) in [4.78, 5) is 3.26. The maximum Gasteiger partial charge on any atom is 0.0573 e. The molecular formula is C15H13BrN2. The Kier molecular flexibility index (Phi) is 2.94. The third kappa shape index (κ3) is 1.96. The molecule has 0 saturated heterocycles. The van der Waals surface area contributed by atoms with E-state index in [0.717, 1.165) is 21.1 Å². The summed E-state index contributed by atoms with van der Waals surface area (Å²) in [7, 11) is 0. The lowest BCUT2D eigenvalue weighted by atomic mass is 9.99. The molecule has 0 bridgehead atoms. The third-order valence-electron chi connectivity index (χ3n) is 3.16. The molecule has 2 aromatic carbocycles. The number of nitrogens with two attached hydrogens (primary N) is 1. The Morgan fingerprint density at radius 1 is 1.06 bits per heavy atom. The van der Waals surface area contributed by atoms with Crippen molar-refractivity contribution < 1.29 is 0 Å². The van der Waals surface area contributed by atoms with Crippen LogP contribution in [0.5, 0.6) is 0 Å². The van der Waals surface area contributed by atoms with Crippen LogP contribution in [0.25, 0.3) is 10.9 Å². The fraction of sp³-hybridized carbons (Fsp3) is 0.0667. The summed E-state index contributed by atoms with van der Waals surface area (Å²) < 4.78 is 1.05. The minimum absolute atomic E-state index is 0.112. The second kappa shape index (κ2) is 4.59. The quantitative estimate of drug-likeness (QED) is 0.738. The molecule has 0 fully saturated rings. The number of aromatic amines is 1. The molecule has 3 heteroatoms. The van der Waals surface area contributed by atoms with E-state index in [0.29, 0.717) is 0 Å². The monoisotopic (exact) mass is 300 g/mol. The lowest BCUT2D eigenvalue weighted by Gasteiger charge is -2.11. The van der Waals surface area contributed by atoms with Gasteiger partial charge in [-0.25, -0.2) is 0 Å². The second-order valence-corrected chi connectivity index (χ2v) is 5.24. The summed E-state index contributed by atoms with van der Waals surface area (Å²) in [5, 5.41) is 1.19. The molecule has 1 unspecified atom stereocenters. The van der Waals surface area contributed by atoms with Gasteiger partial charge in [-0.1, -0.05) is 46.3 Å². The molecule has 3 aromatic rings. The Morgan fingerprint density at radius 3 is 2.72 bits per heavy atom. The fourth-order valence-corrected chi connectivity index (χ4v) is 2.65. The molecule has 0 aliphatic heterocycles. The number of benzene rings is 2. The third-order valence-corrected chi connectivity index (χ3v) is 3.66. The Hall–Kier alpha value is -1.58. The highest BCUT2D eigenvalue weighted by atomic mass is 79.9. The Bertz CT molecular complexity index is 688. The van der Waals surface area contributed by atoms with E-state index in [1.54, 1.807) is 0 Å². The number of nitrogens with one attached hydrogen (secondary N) is 1. The van der Waals surface area contributed by atoms with Gasteiger partial charge in [-0.05, 0) is 29.3 Å². The zero-order valence-corrected chi connectivity index (χ0v) is 11.3.